The van der Waals surface area contributed by atoms with E-state index in [0.717, 1.165) is 0 Å². The molecular weight excluding hydrogens is 277 g/mol. The summed E-state index contributed by atoms with van der Waals surface area (Å²) in [5.74, 6) is -2.07. The molecule has 94 valence electrons. The van der Waals surface area contributed by atoms with Crippen LogP contribution in [-0.2, 0) is 9.53 Å². The van der Waals surface area contributed by atoms with Gasteiger partial charge in [-0.25, -0.2) is 0 Å². The van der Waals surface area contributed by atoms with Crippen LogP contribution >= 0.6 is 23.2 Å². The van der Waals surface area contributed by atoms with Crippen LogP contribution in [0, 0.1) is 5.92 Å². The van der Waals surface area contributed by atoms with E-state index in [-0.39, 0.29) is 17.2 Å². The number of rotatable bonds is 2. The first-order valence-corrected chi connectivity index (χ1v) is 6.04. The second-order valence-electron chi connectivity index (χ2n) is 3.65. The molecule has 6 heteroatoms. The molecule has 18 heavy (non-hydrogen) atoms. The van der Waals surface area contributed by atoms with Gasteiger partial charge < -0.3 is 4.74 Å². The quantitative estimate of drug-likeness (QED) is 0.620. The number of aliphatic imine (C=N–C) groups is 1. The van der Waals surface area contributed by atoms with E-state index in [0.29, 0.717) is 10.7 Å². The molecule has 0 spiro atoms. The van der Waals surface area contributed by atoms with Crippen molar-refractivity contribution in [1.29, 1.82) is 0 Å². The lowest BCUT2D eigenvalue weighted by molar-refractivity contribution is -0.143. The normalized spacial score (nSPS) is 17.5. The highest BCUT2D eigenvalue weighted by Crippen LogP contribution is 2.35. The Morgan fingerprint density at radius 1 is 1.44 bits per heavy atom. The number of carbonyl (C=O) groups is 2. The number of ether oxygens (including phenoxy) is 1. The Balaban J connectivity index is 2.43. The minimum Gasteiger partial charge on any atom is -0.465 e. The summed E-state index contributed by atoms with van der Waals surface area (Å²) in [5.41, 5.74) is 0.583. The number of hydrogen-bond acceptors (Lipinski definition) is 4. The Morgan fingerprint density at radius 2 is 2.17 bits per heavy atom. The van der Waals surface area contributed by atoms with Crippen molar-refractivity contribution in [2.24, 2.45) is 10.9 Å². The van der Waals surface area contributed by atoms with Crippen molar-refractivity contribution in [2.75, 3.05) is 6.61 Å². The average molecular weight is 286 g/mol. The minimum absolute atomic E-state index is 0.189. The van der Waals surface area contributed by atoms with Crippen LogP contribution in [0.1, 0.15) is 17.3 Å². The summed E-state index contributed by atoms with van der Waals surface area (Å²) < 4.78 is 4.81. The van der Waals surface area contributed by atoms with Gasteiger partial charge in [0.1, 0.15) is 0 Å². The summed E-state index contributed by atoms with van der Waals surface area (Å²) >= 11 is 11.8. The number of hydrogen-bond donors (Lipinski definition) is 0. The first-order valence-electron chi connectivity index (χ1n) is 5.28. The van der Waals surface area contributed by atoms with Crippen molar-refractivity contribution >= 4 is 46.9 Å². The molecule has 1 aromatic carbocycles. The van der Waals surface area contributed by atoms with E-state index in [9.17, 15) is 9.59 Å². The van der Waals surface area contributed by atoms with Crippen molar-refractivity contribution in [3.05, 3.63) is 27.7 Å². The Hall–Kier alpha value is -1.39. The molecule has 0 amide bonds. The molecule has 1 aromatic rings. The van der Waals surface area contributed by atoms with E-state index in [1.54, 1.807) is 6.92 Å². The molecule has 0 saturated heterocycles. The molecule has 1 unspecified atom stereocenters. The van der Waals surface area contributed by atoms with Crippen LogP contribution in [0.2, 0.25) is 10.0 Å². The molecule has 2 rings (SSSR count). The summed E-state index contributed by atoms with van der Waals surface area (Å²) in [6.07, 6.45) is 1.26. The third-order valence-electron chi connectivity index (χ3n) is 2.47. The maximum atomic E-state index is 12.1. The van der Waals surface area contributed by atoms with Gasteiger partial charge in [-0.1, -0.05) is 23.2 Å². The highest BCUT2D eigenvalue weighted by atomic mass is 35.5. The van der Waals surface area contributed by atoms with E-state index < -0.39 is 17.7 Å². The fourth-order valence-electron chi connectivity index (χ4n) is 1.68. The van der Waals surface area contributed by atoms with Crippen LogP contribution in [-0.4, -0.2) is 24.6 Å². The zero-order valence-corrected chi connectivity index (χ0v) is 11.0. The fourth-order valence-corrected chi connectivity index (χ4v) is 2.26. The van der Waals surface area contributed by atoms with Crippen molar-refractivity contribution in [3.8, 4) is 0 Å². The number of benzene rings is 1. The molecule has 1 heterocycles. The lowest BCUT2D eigenvalue weighted by Gasteiger charge is -2.17. The first-order chi connectivity index (χ1) is 8.54. The summed E-state index contributed by atoms with van der Waals surface area (Å²) in [6, 6.07) is 2.97. The molecule has 0 bridgehead atoms. The molecule has 0 fully saturated rings. The number of carbonyl (C=O) groups excluding carboxylic acids is 2. The summed E-state index contributed by atoms with van der Waals surface area (Å²) in [6.45, 7) is 1.88. The van der Waals surface area contributed by atoms with Gasteiger partial charge in [-0.2, -0.15) is 0 Å². The van der Waals surface area contributed by atoms with Gasteiger partial charge in [0, 0.05) is 11.2 Å². The van der Waals surface area contributed by atoms with Crippen LogP contribution in [0.4, 0.5) is 5.69 Å². The van der Waals surface area contributed by atoms with Crippen LogP contribution in [0.25, 0.3) is 0 Å². The number of halogens is 2. The van der Waals surface area contributed by atoms with Crippen molar-refractivity contribution in [3.63, 3.8) is 0 Å². The Labute approximate surface area is 114 Å². The maximum absolute atomic E-state index is 12.1. The standard InChI is InChI=1S/C12H9Cl2NO3/c1-2-18-12(17)7-5-15-9-4-6(13)3-8(14)10(9)11(7)16/h3-5,7H,2H2,1H3. The highest BCUT2D eigenvalue weighted by Gasteiger charge is 2.33. The van der Waals surface area contributed by atoms with Crippen molar-refractivity contribution in [2.45, 2.75) is 6.92 Å². The topological polar surface area (TPSA) is 55.7 Å². The lowest BCUT2D eigenvalue weighted by Crippen LogP contribution is -2.29. The number of esters is 1. The molecule has 1 aliphatic heterocycles. The monoisotopic (exact) mass is 285 g/mol. The molecule has 0 saturated carbocycles. The number of fused-ring (bicyclic) bond motifs is 1. The Kier molecular flexibility index (Phi) is 3.68. The second-order valence-corrected chi connectivity index (χ2v) is 4.50. The van der Waals surface area contributed by atoms with Crippen LogP contribution in [0.5, 0.6) is 0 Å². The molecule has 1 atom stereocenters. The molecule has 1 aliphatic rings. The Bertz CT molecular complexity index is 554. The minimum atomic E-state index is -1.03. The largest absolute Gasteiger partial charge is 0.465 e. The van der Waals surface area contributed by atoms with Gasteiger partial charge in [0.15, 0.2) is 11.7 Å². The first kappa shape index (κ1) is 13.1. The molecule has 4 nitrogen and oxygen atoms in total. The molecule has 0 aromatic heterocycles. The second kappa shape index (κ2) is 5.08. The van der Waals surface area contributed by atoms with Gasteiger partial charge in [-0.15, -0.1) is 0 Å². The van der Waals surface area contributed by atoms with Gasteiger partial charge in [-0.05, 0) is 19.1 Å². The molecule has 0 radical (unpaired) electrons. The molecular formula is C12H9Cl2NO3. The molecule has 0 N–H and O–H groups in total. The predicted molar refractivity (Wildman–Crippen MR) is 69.1 cm³/mol. The van der Waals surface area contributed by atoms with Crippen molar-refractivity contribution < 1.29 is 14.3 Å². The zero-order valence-electron chi connectivity index (χ0n) is 9.44. The van der Waals surface area contributed by atoms with E-state index in [1.807, 2.05) is 0 Å². The van der Waals surface area contributed by atoms with Crippen molar-refractivity contribution in [1.82, 2.24) is 0 Å². The Morgan fingerprint density at radius 3 is 2.83 bits per heavy atom. The van der Waals surface area contributed by atoms with Crippen LogP contribution in [0.15, 0.2) is 17.1 Å². The SMILES string of the molecule is CCOC(=O)C1C=Nc2cc(Cl)cc(Cl)c2C1=O. The zero-order chi connectivity index (χ0) is 13.3. The third-order valence-corrected chi connectivity index (χ3v) is 2.98. The van der Waals surface area contributed by atoms with Crippen LogP contribution in [0.3, 0.4) is 0 Å². The number of ketones is 1. The van der Waals surface area contributed by atoms with E-state index in [1.165, 1.54) is 18.3 Å². The van der Waals surface area contributed by atoms with Gasteiger partial charge in [0.2, 0.25) is 0 Å². The van der Waals surface area contributed by atoms with E-state index >= 15 is 0 Å². The predicted octanol–water partition coefficient (Wildman–Crippen LogP) is 3.07. The van der Waals surface area contributed by atoms with Gasteiger partial charge in [0.05, 0.1) is 22.9 Å². The van der Waals surface area contributed by atoms with Gasteiger partial charge >= 0.3 is 5.97 Å². The summed E-state index contributed by atoms with van der Waals surface area (Å²) in [4.78, 5) is 27.8. The average Bonchev–Trinajstić information content (AvgIpc) is 2.28. The summed E-state index contributed by atoms with van der Waals surface area (Å²) in [7, 11) is 0. The highest BCUT2D eigenvalue weighted by molar-refractivity contribution is 6.39. The van der Waals surface area contributed by atoms with Gasteiger partial charge in [0.25, 0.3) is 0 Å². The van der Waals surface area contributed by atoms with Gasteiger partial charge in [-0.3, -0.25) is 14.6 Å². The van der Waals surface area contributed by atoms with E-state index in [2.05, 4.69) is 4.99 Å². The lowest BCUT2D eigenvalue weighted by atomic mass is 9.94. The molecule has 0 aliphatic carbocycles. The smallest absolute Gasteiger partial charge is 0.322 e. The maximum Gasteiger partial charge on any atom is 0.322 e. The van der Waals surface area contributed by atoms with E-state index in [4.69, 9.17) is 27.9 Å². The number of Topliss-reactive ketones (excluding diaryl/α,β-unsaturated/α-hetero) is 1. The summed E-state index contributed by atoms with van der Waals surface area (Å²) in [5, 5.41) is 0.576. The third kappa shape index (κ3) is 2.26. The fraction of sp³-hybridized carbons (Fsp3) is 0.250. The van der Waals surface area contributed by atoms with Crippen LogP contribution < -0.4 is 0 Å². The number of nitrogens with zero attached hydrogens (tertiary/aromatic N) is 1.